The summed E-state index contributed by atoms with van der Waals surface area (Å²) >= 11 is 3.96. The van der Waals surface area contributed by atoms with Gasteiger partial charge in [-0.1, -0.05) is 0 Å². The predicted octanol–water partition coefficient (Wildman–Crippen LogP) is 0.921. The third kappa shape index (κ3) is 2.98. The SMILES string of the molecule is N#CN=C(N1CCSCC1)N1CCSCC1. The monoisotopic (exact) mass is 256 g/mol. The van der Waals surface area contributed by atoms with E-state index >= 15 is 0 Å². The van der Waals surface area contributed by atoms with E-state index in [1.807, 2.05) is 29.7 Å². The topological polar surface area (TPSA) is 42.6 Å². The number of nitriles is 1. The minimum absolute atomic E-state index is 0.906. The quantitative estimate of drug-likeness (QED) is 0.366. The molecule has 2 aliphatic rings. The Morgan fingerprint density at radius 3 is 1.75 bits per heavy atom. The molecule has 0 saturated carbocycles. The lowest BCUT2D eigenvalue weighted by molar-refractivity contribution is 0.349. The highest BCUT2D eigenvalue weighted by molar-refractivity contribution is 7.99. The van der Waals surface area contributed by atoms with Gasteiger partial charge in [-0.3, -0.25) is 0 Å². The zero-order valence-electron chi connectivity index (χ0n) is 9.26. The molecular formula is C10H16N4S2. The maximum atomic E-state index is 8.80. The zero-order valence-corrected chi connectivity index (χ0v) is 10.9. The Morgan fingerprint density at radius 2 is 1.38 bits per heavy atom. The van der Waals surface area contributed by atoms with E-state index in [9.17, 15) is 0 Å². The first-order valence-corrected chi connectivity index (χ1v) is 7.85. The van der Waals surface area contributed by atoms with Crippen LogP contribution in [0, 0.1) is 11.5 Å². The summed E-state index contributed by atoms with van der Waals surface area (Å²) in [7, 11) is 0. The molecule has 2 fully saturated rings. The third-order valence-electron chi connectivity index (χ3n) is 2.74. The summed E-state index contributed by atoms with van der Waals surface area (Å²) in [5.74, 6) is 5.49. The molecule has 6 heteroatoms. The van der Waals surface area contributed by atoms with Crippen LogP contribution in [0.25, 0.3) is 0 Å². The molecule has 4 nitrogen and oxygen atoms in total. The number of guanidine groups is 1. The lowest BCUT2D eigenvalue weighted by Crippen LogP contribution is -2.50. The summed E-state index contributed by atoms with van der Waals surface area (Å²) in [4.78, 5) is 8.55. The lowest BCUT2D eigenvalue weighted by atomic mass is 10.4. The highest BCUT2D eigenvalue weighted by atomic mass is 32.2. The summed E-state index contributed by atoms with van der Waals surface area (Å²) in [6.45, 7) is 4.09. The van der Waals surface area contributed by atoms with Crippen molar-refractivity contribution in [3.63, 3.8) is 0 Å². The van der Waals surface area contributed by atoms with Gasteiger partial charge in [0.25, 0.3) is 0 Å². The van der Waals surface area contributed by atoms with E-state index < -0.39 is 0 Å². The first-order valence-electron chi connectivity index (χ1n) is 5.54. The first-order chi connectivity index (χ1) is 7.92. The van der Waals surface area contributed by atoms with Crippen molar-refractivity contribution in [1.82, 2.24) is 9.80 Å². The van der Waals surface area contributed by atoms with Crippen LogP contribution in [0.2, 0.25) is 0 Å². The van der Waals surface area contributed by atoms with Gasteiger partial charge in [0.1, 0.15) is 0 Å². The standard InChI is InChI=1S/C10H16N4S2/c11-9-12-10(13-1-5-15-6-2-13)14-3-7-16-8-4-14/h1-8H2. The Hall–Kier alpha value is -0.540. The van der Waals surface area contributed by atoms with Gasteiger partial charge in [0, 0.05) is 49.2 Å². The molecule has 0 atom stereocenters. The van der Waals surface area contributed by atoms with E-state index in [1.54, 1.807) is 0 Å². The van der Waals surface area contributed by atoms with Gasteiger partial charge in [-0.2, -0.15) is 28.8 Å². The van der Waals surface area contributed by atoms with Crippen molar-refractivity contribution in [1.29, 1.82) is 5.26 Å². The number of hydrogen-bond acceptors (Lipinski definition) is 4. The molecule has 2 heterocycles. The van der Waals surface area contributed by atoms with Gasteiger partial charge < -0.3 is 9.80 Å². The van der Waals surface area contributed by atoms with E-state index in [0.29, 0.717) is 0 Å². The Kier molecular flexibility index (Phi) is 4.67. The van der Waals surface area contributed by atoms with E-state index in [1.165, 1.54) is 0 Å². The van der Waals surface area contributed by atoms with E-state index in [4.69, 9.17) is 5.26 Å². The molecule has 0 aliphatic carbocycles. The summed E-state index contributed by atoms with van der Waals surface area (Å²) < 4.78 is 0. The van der Waals surface area contributed by atoms with Gasteiger partial charge in [0.05, 0.1) is 0 Å². The minimum atomic E-state index is 0.906. The zero-order chi connectivity index (χ0) is 11.2. The maximum absolute atomic E-state index is 8.80. The lowest BCUT2D eigenvalue weighted by Gasteiger charge is -2.37. The van der Waals surface area contributed by atoms with Gasteiger partial charge in [-0.15, -0.1) is 4.99 Å². The highest BCUT2D eigenvalue weighted by Gasteiger charge is 2.22. The van der Waals surface area contributed by atoms with Crippen LogP contribution in [-0.4, -0.2) is 64.9 Å². The number of aliphatic imine (C=N–C) groups is 1. The van der Waals surface area contributed by atoms with Crippen LogP contribution < -0.4 is 0 Å². The number of hydrogen-bond donors (Lipinski definition) is 0. The Balaban J connectivity index is 2.03. The predicted molar refractivity (Wildman–Crippen MR) is 70.8 cm³/mol. The Labute approximate surface area is 105 Å². The molecule has 0 aromatic carbocycles. The third-order valence-corrected chi connectivity index (χ3v) is 4.62. The smallest absolute Gasteiger partial charge is 0.212 e. The van der Waals surface area contributed by atoms with Gasteiger partial charge in [-0.05, 0) is 0 Å². The van der Waals surface area contributed by atoms with E-state index in [0.717, 1.165) is 55.1 Å². The normalized spacial score (nSPS) is 21.4. The van der Waals surface area contributed by atoms with E-state index in [2.05, 4.69) is 14.8 Å². The molecule has 0 spiro atoms. The minimum Gasteiger partial charge on any atom is -0.340 e. The fourth-order valence-electron chi connectivity index (χ4n) is 1.91. The van der Waals surface area contributed by atoms with Crippen LogP contribution in [0.5, 0.6) is 0 Å². The van der Waals surface area contributed by atoms with Crippen molar-refractivity contribution in [3.8, 4) is 6.19 Å². The molecule has 2 saturated heterocycles. The van der Waals surface area contributed by atoms with E-state index in [-0.39, 0.29) is 0 Å². The van der Waals surface area contributed by atoms with Crippen molar-refractivity contribution in [2.75, 3.05) is 49.2 Å². The fourth-order valence-corrected chi connectivity index (χ4v) is 3.72. The average molecular weight is 256 g/mol. The molecule has 0 N–H and O–H groups in total. The van der Waals surface area contributed by atoms with Crippen LogP contribution in [-0.2, 0) is 0 Å². The highest BCUT2D eigenvalue weighted by Crippen LogP contribution is 2.15. The number of nitrogens with zero attached hydrogens (tertiary/aromatic N) is 4. The molecule has 0 aromatic rings. The molecule has 0 aromatic heterocycles. The molecule has 0 amide bonds. The Bertz CT molecular complexity index is 268. The van der Waals surface area contributed by atoms with Gasteiger partial charge >= 0.3 is 0 Å². The molecule has 0 radical (unpaired) electrons. The molecule has 16 heavy (non-hydrogen) atoms. The summed E-state index contributed by atoms with van der Waals surface area (Å²) in [5, 5.41) is 8.80. The molecular weight excluding hydrogens is 240 g/mol. The van der Waals surface area contributed by atoms with Crippen molar-refractivity contribution in [3.05, 3.63) is 0 Å². The molecule has 0 unspecified atom stereocenters. The van der Waals surface area contributed by atoms with Gasteiger partial charge in [-0.25, -0.2) is 0 Å². The summed E-state index contributed by atoms with van der Waals surface area (Å²) in [6.07, 6.45) is 1.95. The van der Waals surface area contributed by atoms with Crippen LogP contribution >= 0.6 is 23.5 Å². The van der Waals surface area contributed by atoms with Crippen molar-refractivity contribution in [2.45, 2.75) is 0 Å². The van der Waals surface area contributed by atoms with Crippen molar-refractivity contribution in [2.24, 2.45) is 4.99 Å². The van der Waals surface area contributed by atoms with Gasteiger partial charge in [0.2, 0.25) is 12.2 Å². The maximum Gasteiger partial charge on any atom is 0.212 e. The number of thioether (sulfide) groups is 2. The fraction of sp³-hybridized carbons (Fsp3) is 0.800. The van der Waals surface area contributed by atoms with Crippen molar-refractivity contribution < 1.29 is 0 Å². The molecule has 2 rings (SSSR count). The van der Waals surface area contributed by atoms with Crippen LogP contribution in [0.15, 0.2) is 4.99 Å². The van der Waals surface area contributed by atoms with Gasteiger partial charge in [0.15, 0.2) is 0 Å². The molecule has 88 valence electrons. The average Bonchev–Trinajstić information content (AvgIpc) is 2.38. The second-order valence-corrected chi connectivity index (χ2v) is 6.16. The largest absolute Gasteiger partial charge is 0.340 e. The van der Waals surface area contributed by atoms with Crippen molar-refractivity contribution >= 4 is 29.5 Å². The number of rotatable bonds is 0. The molecule has 2 aliphatic heterocycles. The molecule has 0 bridgehead atoms. The second kappa shape index (κ2) is 6.26. The summed E-state index contributed by atoms with van der Waals surface area (Å²) in [5.41, 5.74) is 0. The Morgan fingerprint density at radius 1 is 0.938 bits per heavy atom. The van der Waals surface area contributed by atoms with Crippen LogP contribution in [0.1, 0.15) is 0 Å². The summed E-state index contributed by atoms with van der Waals surface area (Å²) in [6, 6.07) is 0. The first kappa shape index (κ1) is 11.9. The van der Waals surface area contributed by atoms with Crippen LogP contribution in [0.4, 0.5) is 0 Å². The second-order valence-electron chi connectivity index (χ2n) is 3.71. The van der Waals surface area contributed by atoms with Crippen LogP contribution in [0.3, 0.4) is 0 Å².